The number of piperazine rings is 1. The van der Waals surface area contributed by atoms with Crippen LogP contribution in [0.15, 0.2) is 24.3 Å². The highest BCUT2D eigenvalue weighted by Crippen LogP contribution is 2.25. The second-order valence-electron chi connectivity index (χ2n) is 6.48. The molecule has 1 saturated heterocycles. The molecule has 0 aromatic heterocycles. The minimum absolute atomic E-state index is 0.00399. The number of amides is 2. The van der Waals surface area contributed by atoms with Crippen LogP contribution in [-0.4, -0.2) is 69.6 Å². The quantitative estimate of drug-likeness (QED) is 0.715. The summed E-state index contributed by atoms with van der Waals surface area (Å²) < 4.78 is 0. The Morgan fingerprint density at radius 2 is 1.84 bits per heavy atom. The standard InChI is InChI=1S/C18H27ClN4O2/c1-3-8-20-17(24)13-21(2)14-18(25)23-11-9-22(10-12-23)16-7-5-4-6-15(16)19/h4-7H,3,8-14H2,1-2H3,(H,20,24)/p+1. The first kappa shape index (κ1) is 19.5. The number of halogens is 1. The number of likely N-dealkylation sites (N-methyl/N-ethyl adjacent to an activating group) is 1. The van der Waals surface area contributed by atoms with Gasteiger partial charge in [0.2, 0.25) is 0 Å². The van der Waals surface area contributed by atoms with Crippen LogP contribution < -0.4 is 15.1 Å². The topological polar surface area (TPSA) is 57.1 Å². The number of rotatable bonds is 7. The smallest absolute Gasteiger partial charge is 0.277 e. The van der Waals surface area contributed by atoms with Crippen molar-refractivity contribution < 1.29 is 14.5 Å². The number of nitrogens with one attached hydrogen (secondary N) is 2. The predicted molar refractivity (Wildman–Crippen MR) is 100 cm³/mol. The van der Waals surface area contributed by atoms with Crippen LogP contribution in [0.1, 0.15) is 13.3 Å². The van der Waals surface area contributed by atoms with Gasteiger partial charge in [-0.2, -0.15) is 0 Å². The Morgan fingerprint density at radius 3 is 2.48 bits per heavy atom. The zero-order valence-electron chi connectivity index (χ0n) is 15.1. The maximum absolute atomic E-state index is 12.4. The summed E-state index contributed by atoms with van der Waals surface area (Å²) in [6.07, 6.45) is 0.916. The van der Waals surface area contributed by atoms with E-state index in [0.29, 0.717) is 32.7 Å². The Kier molecular flexibility index (Phi) is 7.52. The SMILES string of the molecule is CCCNC(=O)C[NH+](C)CC(=O)N1CCN(c2ccccc2Cl)CC1. The highest BCUT2D eigenvalue weighted by molar-refractivity contribution is 6.33. The van der Waals surface area contributed by atoms with E-state index >= 15 is 0 Å². The van der Waals surface area contributed by atoms with E-state index in [9.17, 15) is 9.59 Å². The van der Waals surface area contributed by atoms with Gasteiger partial charge >= 0.3 is 0 Å². The molecule has 0 bridgehead atoms. The van der Waals surface area contributed by atoms with Gasteiger partial charge in [0.15, 0.2) is 13.1 Å². The van der Waals surface area contributed by atoms with Gasteiger partial charge in [-0.15, -0.1) is 0 Å². The average Bonchev–Trinajstić information content (AvgIpc) is 2.60. The minimum Gasteiger partial charge on any atom is -0.367 e. The Morgan fingerprint density at radius 1 is 1.16 bits per heavy atom. The molecule has 1 atom stereocenters. The molecule has 25 heavy (non-hydrogen) atoms. The summed E-state index contributed by atoms with van der Waals surface area (Å²) in [6, 6.07) is 7.78. The van der Waals surface area contributed by atoms with Crippen molar-refractivity contribution >= 4 is 29.1 Å². The molecule has 1 aromatic rings. The van der Waals surface area contributed by atoms with Crippen molar-refractivity contribution in [3.63, 3.8) is 0 Å². The summed E-state index contributed by atoms with van der Waals surface area (Å²) in [5.74, 6) is 0.0929. The second-order valence-corrected chi connectivity index (χ2v) is 6.89. The monoisotopic (exact) mass is 367 g/mol. The fourth-order valence-corrected chi connectivity index (χ4v) is 3.19. The molecule has 0 saturated carbocycles. The molecule has 1 heterocycles. The van der Waals surface area contributed by atoms with Gasteiger partial charge in [-0.05, 0) is 18.6 Å². The van der Waals surface area contributed by atoms with Crippen LogP contribution >= 0.6 is 11.6 Å². The van der Waals surface area contributed by atoms with Gasteiger partial charge in [0.05, 0.1) is 17.8 Å². The molecule has 0 radical (unpaired) electrons. The van der Waals surface area contributed by atoms with Gasteiger partial charge in [-0.1, -0.05) is 30.7 Å². The Hall–Kier alpha value is -1.79. The highest BCUT2D eigenvalue weighted by atomic mass is 35.5. The van der Waals surface area contributed by atoms with E-state index in [4.69, 9.17) is 11.6 Å². The van der Waals surface area contributed by atoms with Crippen LogP contribution in [0.5, 0.6) is 0 Å². The third-order valence-corrected chi connectivity index (χ3v) is 4.63. The van der Waals surface area contributed by atoms with E-state index in [2.05, 4.69) is 10.2 Å². The molecule has 1 aliphatic rings. The maximum atomic E-state index is 12.4. The average molecular weight is 368 g/mol. The molecule has 1 fully saturated rings. The zero-order valence-corrected chi connectivity index (χ0v) is 15.8. The van der Waals surface area contributed by atoms with Crippen molar-refractivity contribution in [2.75, 3.05) is 57.8 Å². The molecule has 0 spiro atoms. The normalized spacial score (nSPS) is 15.8. The number of quaternary nitrogens is 1. The maximum Gasteiger partial charge on any atom is 0.277 e. The number of anilines is 1. The van der Waals surface area contributed by atoms with Crippen LogP contribution in [-0.2, 0) is 9.59 Å². The van der Waals surface area contributed by atoms with Crippen LogP contribution in [0.4, 0.5) is 5.69 Å². The first-order valence-corrected chi connectivity index (χ1v) is 9.24. The van der Waals surface area contributed by atoms with Crippen LogP contribution in [0.2, 0.25) is 5.02 Å². The summed E-state index contributed by atoms with van der Waals surface area (Å²) in [5, 5.41) is 3.58. The largest absolute Gasteiger partial charge is 0.367 e. The van der Waals surface area contributed by atoms with E-state index in [1.54, 1.807) is 0 Å². The van der Waals surface area contributed by atoms with Gasteiger partial charge in [0.25, 0.3) is 11.8 Å². The third kappa shape index (κ3) is 5.90. The van der Waals surface area contributed by atoms with Gasteiger partial charge in [-0.3, -0.25) is 9.59 Å². The fourth-order valence-electron chi connectivity index (χ4n) is 2.94. The van der Waals surface area contributed by atoms with Crippen molar-refractivity contribution in [1.29, 1.82) is 0 Å². The molecule has 2 N–H and O–H groups in total. The zero-order chi connectivity index (χ0) is 18.2. The highest BCUT2D eigenvalue weighted by Gasteiger charge is 2.24. The summed E-state index contributed by atoms with van der Waals surface area (Å²) >= 11 is 6.25. The predicted octanol–water partition coefficient (Wildman–Crippen LogP) is 0.0295. The van der Waals surface area contributed by atoms with E-state index in [-0.39, 0.29) is 11.8 Å². The summed E-state index contributed by atoms with van der Waals surface area (Å²) in [5.41, 5.74) is 1.02. The summed E-state index contributed by atoms with van der Waals surface area (Å²) in [4.78, 5) is 29.2. The van der Waals surface area contributed by atoms with Crippen LogP contribution in [0.3, 0.4) is 0 Å². The first-order chi connectivity index (χ1) is 12.0. The van der Waals surface area contributed by atoms with E-state index in [1.165, 1.54) is 0 Å². The minimum atomic E-state index is -0.00399. The third-order valence-electron chi connectivity index (χ3n) is 4.31. The molecule has 2 amide bonds. The van der Waals surface area contributed by atoms with Crippen molar-refractivity contribution in [2.45, 2.75) is 13.3 Å². The number of para-hydroxylation sites is 1. The van der Waals surface area contributed by atoms with E-state index in [1.807, 2.05) is 43.1 Å². The number of benzene rings is 1. The number of nitrogens with zero attached hydrogens (tertiary/aromatic N) is 2. The van der Waals surface area contributed by atoms with Gasteiger partial charge in [-0.25, -0.2) is 0 Å². The lowest BCUT2D eigenvalue weighted by Crippen LogP contribution is -3.11. The number of hydrogen-bond donors (Lipinski definition) is 2. The van der Waals surface area contributed by atoms with Crippen molar-refractivity contribution in [1.82, 2.24) is 10.2 Å². The first-order valence-electron chi connectivity index (χ1n) is 8.86. The van der Waals surface area contributed by atoms with Crippen molar-refractivity contribution in [3.05, 3.63) is 29.3 Å². The van der Waals surface area contributed by atoms with Gasteiger partial charge in [0, 0.05) is 32.7 Å². The number of carbonyl (C=O) groups excluding carboxylic acids is 2. The molecular formula is C18H28ClN4O2+. The second kappa shape index (κ2) is 9.63. The fraction of sp³-hybridized carbons (Fsp3) is 0.556. The van der Waals surface area contributed by atoms with E-state index < -0.39 is 0 Å². The number of hydrogen-bond acceptors (Lipinski definition) is 3. The van der Waals surface area contributed by atoms with Gasteiger partial charge in [0.1, 0.15) is 0 Å². The molecule has 1 aliphatic heterocycles. The molecule has 2 rings (SSSR count). The van der Waals surface area contributed by atoms with Crippen molar-refractivity contribution in [3.8, 4) is 0 Å². The van der Waals surface area contributed by atoms with Gasteiger partial charge < -0.3 is 20.0 Å². The summed E-state index contributed by atoms with van der Waals surface area (Å²) in [6.45, 7) is 6.26. The van der Waals surface area contributed by atoms with E-state index in [0.717, 1.165) is 35.1 Å². The molecule has 7 heteroatoms. The molecule has 1 unspecified atom stereocenters. The molecular weight excluding hydrogens is 340 g/mol. The summed E-state index contributed by atoms with van der Waals surface area (Å²) in [7, 11) is 1.88. The Labute approximate surface area is 154 Å². The lowest BCUT2D eigenvalue weighted by atomic mass is 10.2. The number of carbonyl (C=O) groups is 2. The lowest BCUT2D eigenvalue weighted by molar-refractivity contribution is -0.863. The molecule has 138 valence electrons. The molecule has 0 aliphatic carbocycles. The molecule has 6 nitrogen and oxygen atoms in total. The van der Waals surface area contributed by atoms with Crippen molar-refractivity contribution in [2.24, 2.45) is 0 Å². The Bertz CT molecular complexity index is 588. The van der Waals surface area contributed by atoms with Crippen LogP contribution in [0, 0.1) is 0 Å². The van der Waals surface area contributed by atoms with Crippen LogP contribution in [0.25, 0.3) is 0 Å². The lowest BCUT2D eigenvalue weighted by Gasteiger charge is -2.36. The Balaban J connectivity index is 1.77. The molecule has 1 aromatic carbocycles.